The Morgan fingerprint density at radius 1 is 1.33 bits per heavy atom. The van der Waals surface area contributed by atoms with E-state index in [0.717, 1.165) is 0 Å². The van der Waals surface area contributed by atoms with E-state index in [9.17, 15) is 17.8 Å². The summed E-state index contributed by atoms with van der Waals surface area (Å²) < 4.78 is 30.6. The summed E-state index contributed by atoms with van der Waals surface area (Å²) in [7, 11) is -4.19. The van der Waals surface area contributed by atoms with Crippen LogP contribution in [0.4, 0.5) is 0 Å². The van der Waals surface area contributed by atoms with Crippen molar-refractivity contribution in [3.05, 3.63) is 0 Å². The zero-order valence-electron chi connectivity index (χ0n) is 9.66. The maximum absolute atomic E-state index is 11.1. The van der Waals surface area contributed by atoms with Crippen molar-refractivity contribution in [2.75, 3.05) is 5.75 Å². The molecule has 0 fully saturated rings. The normalized spacial score (nSPS) is 11.7. The maximum Gasteiger partial charge on any atom is 1.00 e. The number of rotatable bonds is 4. The third kappa shape index (κ3) is 14.4. The van der Waals surface area contributed by atoms with E-state index in [1.54, 1.807) is 0 Å². The molecule has 0 radical (unpaired) electrons. The van der Waals surface area contributed by atoms with E-state index >= 15 is 0 Å². The van der Waals surface area contributed by atoms with Gasteiger partial charge in [-0.05, 0) is 27.2 Å². The minimum Gasteiger partial charge on any atom is -0.748 e. The summed E-state index contributed by atoms with van der Waals surface area (Å²) in [5.41, 5.74) is -0.326. The molecular formula is C8H16NNaO4S. The molecule has 0 aromatic carbocycles. The Morgan fingerprint density at radius 2 is 1.80 bits per heavy atom. The van der Waals surface area contributed by atoms with Crippen molar-refractivity contribution < 1.29 is 47.3 Å². The Hall–Kier alpha value is 0.380. The first-order valence-corrected chi connectivity index (χ1v) is 5.92. The van der Waals surface area contributed by atoms with Crippen molar-refractivity contribution in [3.8, 4) is 0 Å². The van der Waals surface area contributed by atoms with E-state index in [0.29, 0.717) is 0 Å². The van der Waals surface area contributed by atoms with Gasteiger partial charge in [0.2, 0.25) is 5.91 Å². The summed E-state index contributed by atoms with van der Waals surface area (Å²) in [6, 6.07) is 0. The van der Waals surface area contributed by atoms with Crippen molar-refractivity contribution >= 4 is 16.0 Å². The molecule has 15 heavy (non-hydrogen) atoms. The summed E-state index contributed by atoms with van der Waals surface area (Å²) in [6.07, 6.45) is 0.145. The van der Waals surface area contributed by atoms with Crippen LogP contribution in [0.5, 0.6) is 0 Å². The molecule has 84 valence electrons. The third-order valence-electron chi connectivity index (χ3n) is 1.31. The quantitative estimate of drug-likeness (QED) is 0.429. The van der Waals surface area contributed by atoms with Gasteiger partial charge in [-0.3, -0.25) is 4.79 Å². The van der Waals surface area contributed by atoms with Gasteiger partial charge in [-0.1, -0.05) is 0 Å². The van der Waals surface area contributed by atoms with Gasteiger partial charge in [0.15, 0.2) is 0 Å². The largest absolute Gasteiger partial charge is 1.00 e. The van der Waals surface area contributed by atoms with Gasteiger partial charge in [-0.15, -0.1) is 0 Å². The molecule has 7 heteroatoms. The molecule has 0 bridgehead atoms. The third-order valence-corrected chi connectivity index (χ3v) is 2.10. The van der Waals surface area contributed by atoms with Crippen LogP contribution in [-0.2, 0) is 14.9 Å². The van der Waals surface area contributed by atoms with E-state index < -0.39 is 15.9 Å². The maximum atomic E-state index is 11.1. The molecule has 5 nitrogen and oxygen atoms in total. The summed E-state index contributed by atoms with van der Waals surface area (Å²) in [4.78, 5) is 11.1. The summed E-state index contributed by atoms with van der Waals surface area (Å²) in [5.74, 6) is -0.717. The molecule has 1 N–H and O–H groups in total. The smallest absolute Gasteiger partial charge is 0.748 e. The van der Waals surface area contributed by atoms with Crippen LogP contribution in [0.15, 0.2) is 0 Å². The number of hydrogen-bond donors (Lipinski definition) is 1. The van der Waals surface area contributed by atoms with Crippen molar-refractivity contribution in [3.63, 3.8) is 0 Å². The number of nitrogens with one attached hydrogen (secondary N) is 1. The first kappa shape index (κ1) is 17.8. The van der Waals surface area contributed by atoms with E-state index in [4.69, 9.17) is 0 Å². The molecule has 0 spiro atoms. The Labute approximate surface area is 113 Å². The van der Waals surface area contributed by atoms with Crippen LogP contribution in [0.1, 0.15) is 33.6 Å². The molecule has 1 amide bonds. The molecule has 0 aromatic heterocycles. The van der Waals surface area contributed by atoms with Crippen LogP contribution in [-0.4, -0.2) is 30.2 Å². The first-order valence-electron chi connectivity index (χ1n) is 4.35. The topological polar surface area (TPSA) is 86.3 Å². The van der Waals surface area contributed by atoms with Gasteiger partial charge in [0.25, 0.3) is 0 Å². The van der Waals surface area contributed by atoms with Crippen LogP contribution < -0.4 is 34.9 Å². The Kier molecular flexibility index (Phi) is 8.12. The molecule has 0 aliphatic carbocycles. The van der Waals surface area contributed by atoms with E-state index in [1.165, 1.54) is 0 Å². The number of hydrogen-bond acceptors (Lipinski definition) is 4. The Morgan fingerprint density at radius 3 is 2.13 bits per heavy atom. The molecule has 0 aromatic rings. The van der Waals surface area contributed by atoms with Gasteiger partial charge in [-0.25, -0.2) is 8.42 Å². The van der Waals surface area contributed by atoms with Gasteiger partial charge in [0.1, 0.15) is 0 Å². The minimum absolute atomic E-state index is 0. The summed E-state index contributed by atoms with van der Waals surface area (Å²) in [6.45, 7) is 5.49. The first-order chi connectivity index (χ1) is 6.10. The van der Waals surface area contributed by atoms with Crippen LogP contribution in [0.2, 0.25) is 0 Å². The molecule has 0 unspecified atom stereocenters. The van der Waals surface area contributed by atoms with Crippen LogP contribution >= 0.6 is 0 Å². The zero-order valence-corrected chi connectivity index (χ0v) is 12.5. The van der Waals surface area contributed by atoms with Crippen molar-refractivity contribution in [1.29, 1.82) is 0 Å². The van der Waals surface area contributed by atoms with Crippen LogP contribution in [0.25, 0.3) is 0 Å². The van der Waals surface area contributed by atoms with Gasteiger partial charge in [0, 0.05) is 17.7 Å². The molecule has 0 rings (SSSR count). The number of carbonyl (C=O) groups excluding carboxylic acids is 1. The number of carbonyl (C=O) groups is 1. The summed E-state index contributed by atoms with van der Waals surface area (Å²) >= 11 is 0. The second-order valence-electron chi connectivity index (χ2n) is 4.16. The molecular weight excluding hydrogens is 229 g/mol. The van der Waals surface area contributed by atoms with Crippen LogP contribution in [0, 0.1) is 0 Å². The van der Waals surface area contributed by atoms with Crippen molar-refractivity contribution in [2.24, 2.45) is 0 Å². The second-order valence-corrected chi connectivity index (χ2v) is 5.69. The predicted octanol–water partition coefficient (Wildman–Crippen LogP) is -2.77. The van der Waals surface area contributed by atoms with Crippen molar-refractivity contribution in [2.45, 2.75) is 39.2 Å². The van der Waals surface area contributed by atoms with E-state index in [2.05, 4.69) is 5.32 Å². The fraction of sp³-hybridized carbons (Fsp3) is 0.875. The van der Waals surface area contributed by atoms with Crippen molar-refractivity contribution in [1.82, 2.24) is 5.32 Å². The van der Waals surface area contributed by atoms with Gasteiger partial charge < -0.3 is 9.87 Å². The second kappa shape index (κ2) is 6.85. The predicted molar refractivity (Wildman–Crippen MR) is 51.7 cm³/mol. The average molecular weight is 245 g/mol. The van der Waals surface area contributed by atoms with E-state index in [-0.39, 0.29) is 53.8 Å². The Balaban J connectivity index is 0. The Bertz CT molecular complexity index is 294. The zero-order chi connectivity index (χ0) is 11.4. The molecule has 0 saturated heterocycles. The van der Waals surface area contributed by atoms with Gasteiger partial charge in [-0.2, -0.15) is 0 Å². The summed E-state index contributed by atoms with van der Waals surface area (Å²) in [5, 5.41) is 2.67. The van der Waals surface area contributed by atoms with Gasteiger partial charge >= 0.3 is 29.6 Å². The van der Waals surface area contributed by atoms with Gasteiger partial charge in [0.05, 0.1) is 10.1 Å². The average Bonchev–Trinajstić information content (AvgIpc) is 1.78. The molecule has 0 aliphatic heterocycles. The monoisotopic (exact) mass is 245 g/mol. The molecule has 0 saturated carbocycles. The molecule has 0 atom stereocenters. The standard InChI is InChI=1S/C8H17NO4S.Na/c1-8(2,3)9-7(10)5-4-6-14(11,12)13;/h4-6H2,1-3H3,(H,9,10)(H,11,12,13);/q;+1/p-1. The molecule has 0 aliphatic rings. The SMILES string of the molecule is CC(C)(C)NC(=O)CCCS(=O)(=O)[O-].[Na+]. The number of amides is 1. The van der Waals surface area contributed by atoms with Crippen LogP contribution in [0.3, 0.4) is 0 Å². The fourth-order valence-electron chi connectivity index (χ4n) is 0.890. The fourth-order valence-corrected chi connectivity index (χ4v) is 1.39. The molecule has 0 heterocycles. The minimum atomic E-state index is -4.19. The van der Waals surface area contributed by atoms with E-state index in [1.807, 2.05) is 20.8 Å².